The minimum Gasteiger partial charge on any atom is -0.336 e. The maximum absolute atomic E-state index is 12.6. The number of likely N-dealkylation sites (tertiary alicyclic amines) is 1. The van der Waals surface area contributed by atoms with E-state index in [9.17, 15) is 9.59 Å². The number of nitrogens with zero attached hydrogens (tertiary/aromatic N) is 4. The molecule has 0 unspecified atom stereocenters. The molecule has 0 saturated carbocycles. The summed E-state index contributed by atoms with van der Waals surface area (Å²) >= 11 is 1.58. The minimum absolute atomic E-state index is 0.0735. The number of amides is 2. The van der Waals surface area contributed by atoms with Gasteiger partial charge in [-0.05, 0) is 31.7 Å². The Hall–Kier alpha value is -1.50. The SMILES string of the molecule is Cc1cnn(C[C@@H]2CCCCN2C(=O)CN2CSCC2=O)c1. The highest BCUT2D eigenvalue weighted by atomic mass is 32.2. The standard InChI is InChI=1S/C15H22N4O2S/c1-12-6-16-18(7-12)8-13-4-2-3-5-19(13)14(20)9-17-11-22-10-15(17)21/h6-7,13H,2-5,8-11H2,1H3/t13-/m0/s1. The normalized spacial score (nSPS) is 22.4. The van der Waals surface area contributed by atoms with Crippen molar-refractivity contribution in [1.82, 2.24) is 19.6 Å². The monoisotopic (exact) mass is 322 g/mol. The molecule has 22 heavy (non-hydrogen) atoms. The molecule has 0 spiro atoms. The van der Waals surface area contributed by atoms with E-state index in [1.165, 1.54) is 0 Å². The third kappa shape index (κ3) is 3.45. The summed E-state index contributed by atoms with van der Waals surface area (Å²) in [5.41, 5.74) is 1.13. The fourth-order valence-corrected chi connectivity index (χ4v) is 4.00. The van der Waals surface area contributed by atoms with Crippen molar-refractivity contribution in [1.29, 1.82) is 0 Å². The molecule has 2 fully saturated rings. The summed E-state index contributed by atoms with van der Waals surface area (Å²) in [6, 6.07) is 0.186. The second-order valence-electron chi connectivity index (χ2n) is 6.05. The van der Waals surface area contributed by atoms with Crippen LogP contribution in [0.5, 0.6) is 0 Å². The average Bonchev–Trinajstić information content (AvgIpc) is 3.09. The zero-order valence-corrected chi connectivity index (χ0v) is 13.7. The first-order chi connectivity index (χ1) is 10.6. The van der Waals surface area contributed by atoms with Gasteiger partial charge in [0.15, 0.2) is 0 Å². The number of hydrogen-bond acceptors (Lipinski definition) is 4. The Labute approximate surface area is 134 Å². The van der Waals surface area contributed by atoms with Crippen LogP contribution in [-0.2, 0) is 16.1 Å². The highest BCUT2D eigenvalue weighted by molar-refractivity contribution is 8.00. The summed E-state index contributed by atoms with van der Waals surface area (Å²) in [5.74, 6) is 1.30. The molecule has 6 nitrogen and oxygen atoms in total. The Bertz CT molecular complexity index is 559. The van der Waals surface area contributed by atoms with E-state index < -0.39 is 0 Å². The lowest BCUT2D eigenvalue weighted by Gasteiger charge is -2.36. The van der Waals surface area contributed by atoms with Gasteiger partial charge in [-0.2, -0.15) is 5.10 Å². The molecule has 1 aromatic heterocycles. The first-order valence-electron chi connectivity index (χ1n) is 7.77. The second kappa shape index (κ2) is 6.73. The van der Waals surface area contributed by atoms with Gasteiger partial charge in [-0.25, -0.2) is 0 Å². The predicted octanol–water partition coefficient (Wildman–Crippen LogP) is 1.11. The first kappa shape index (κ1) is 15.4. The first-order valence-corrected chi connectivity index (χ1v) is 8.93. The van der Waals surface area contributed by atoms with Gasteiger partial charge in [0.2, 0.25) is 11.8 Å². The van der Waals surface area contributed by atoms with Crippen LogP contribution >= 0.6 is 11.8 Å². The molecule has 0 aliphatic carbocycles. The van der Waals surface area contributed by atoms with Crippen LogP contribution < -0.4 is 0 Å². The van der Waals surface area contributed by atoms with Crippen LogP contribution in [0.25, 0.3) is 0 Å². The molecule has 3 heterocycles. The van der Waals surface area contributed by atoms with E-state index in [0.717, 1.165) is 37.9 Å². The van der Waals surface area contributed by atoms with Crippen molar-refractivity contribution in [2.24, 2.45) is 0 Å². The second-order valence-corrected chi connectivity index (χ2v) is 7.00. The van der Waals surface area contributed by atoms with Crippen LogP contribution in [0, 0.1) is 6.92 Å². The van der Waals surface area contributed by atoms with E-state index in [4.69, 9.17) is 0 Å². The van der Waals surface area contributed by atoms with E-state index in [-0.39, 0.29) is 24.4 Å². The van der Waals surface area contributed by atoms with Gasteiger partial charge in [-0.15, -0.1) is 11.8 Å². The van der Waals surface area contributed by atoms with Crippen molar-refractivity contribution in [2.75, 3.05) is 24.7 Å². The summed E-state index contributed by atoms with van der Waals surface area (Å²) in [6.07, 6.45) is 7.05. The lowest BCUT2D eigenvalue weighted by Crippen LogP contribution is -2.49. The fourth-order valence-electron chi connectivity index (χ4n) is 3.10. The van der Waals surface area contributed by atoms with E-state index >= 15 is 0 Å². The van der Waals surface area contributed by atoms with Gasteiger partial charge in [-0.1, -0.05) is 0 Å². The van der Waals surface area contributed by atoms with Gasteiger partial charge in [-0.3, -0.25) is 14.3 Å². The molecule has 7 heteroatoms. The highest BCUT2D eigenvalue weighted by Crippen LogP contribution is 2.21. The number of carbonyl (C=O) groups is 2. The molecule has 1 aromatic rings. The number of hydrogen-bond donors (Lipinski definition) is 0. The maximum atomic E-state index is 12.6. The van der Waals surface area contributed by atoms with Gasteiger partial charge >= 0.3 is 0 Å². The van der Waals surface area contributed by atoms with Crippen LogP contribution in [0.2, 0.25) is 0 Å². The molecule has 3 rings (SSSR count). The topological polar surface area (TPSA) is 58.4 Å². The third-order valence-electron chi connectivity index (χ3n) is 4.26. The number of aromatic nitrogens is 2. The molecular weight excluding hydrogens is 300 g/mol. The molecule has 2 aliphatic heterocycles. The molecule has 2 saturated heterocycles. The van der Waals surface area contributed by atoms with Crippen molar-refractivity contribution >= 4 is 23.6 Å². The lowest BCUT2D eigenvalue weighted by atomic mass is 10.0. The maximum Gasteiger partial charge on any atom is 0.242 e. The third-order valence-corrected chi connectivity index (χ3v) is 5.20. The van der Waals surface area contributed by atoms with Crippen molar-refractivity contribution in [3.8, 4) is 0 Å². The lowest BCUT2D eigenvalue weighted by molar-refractivity contribution is -0.140. The molecule has 2 amide bonds. The zero-order chi connectivity index (χ0) is 15.5. The molecule has 0 aromatic carbocycles. The van der Waals surface area contributed by atoms with Crippen LogP contribution in [0.3, 0.4) is 0 Å². The number of rotatable bonds is 4. The van der Waals surface area contributed by atoms with Crippen molar-refractivity contribution in [3.05, 3.63) is 18.0 Å². The van der Waals surface area contributed by atoms with Gasteiger partial charge in [0.1, 0.15) is 6.54 Å². The van der Waals surface area contributed by atoms with Crippen LogP contribution in [0.1, 0.15) is 24.8 Å². The van der Waals surface area contributed by atoms with E-state index in [1.807, 2.05) is 28.9 Å². The van der Waals surface area contributed by atoms with Crippen molar-refractivity contribution in [3.63, 3.8) is 0 Å². The average molecular weight is 322 g/mol. The van der Waals surface area contributed by atoms with E-state index in [0.29, 0.717) is 11.6 Å². The number of thioether (sulfide) groups is 1. The van der Waals surface area contributed by atoms with Crippen LogP contribution in [-0.4, -0.2) is 62.2 Å². The van der Waals surface area contributed by atoms with Crippen LogP contribution in [0.4, 0.5) is 0 Å². The Morgan fingerprint density at radius 3 is 3.00 bits per heavy atom. The molecular formula is C15H22N4O2S. The molecule has 120 valence electrons. The summed E-state index contributed by atoms with van der Waals surface area (Å²) in [5, 5.41) is 4.33. The van der Waals surface area contributed by atoms with Gasteiger partial charge in [0.05, 0.1) is 30.4 Å². The molecule has 2 aliphatic rings. The van der Waals surface area contributed by atoms with Gasteiger partial charge < -0.3 is 9.80 Å². The van der Waals surface area contributed by atoms with Crippen molar-refractivity contribution in [2.45, 2.75) is 38.8 Å². The highest BCUT2D eigenvalue weighted by Gasteiger charge is 2.30. The van der Waals surface area contributed by atoms with Crippen LogP contribution in [0.15, 0.2) is 12.4 Å². The molecule has 0 bridgehead atoms. The van der Waals surface area contributed by atoms with E-state index in [1.54, 1.807) is 16.7 Å². The quantitative estimate of drug-likeness (QED) is 0.833. The Kier molecular flexibility index (Phi) is 4.71. The fraction of sp³-hybridized carbons (Fsp3) is 0.667. The smallest absolute Gasteiger partial charge is 0.242 e. The van der Waals surface area contributed by atoms with Gasteiger partial charge in [0.25, 0.3) is 0 Å². The molecule has 0 N–H and O–H groups in total. The zero-order valence-electron chi connectivity index (χ0n) is 12.9. The Morgan fingerprint density at radius 2 is 2.32 bits per heavy atom. The summed E-state index contributed by atoms with van der Waals surface area (Å²) in [7, 11) is 0. The Balaban J connectivity index is 1.63. The largest absolute Gasteiger partial charge is 0.336 e. The Morgan fingerprint density at radius 1 is 1.45 bits per heavy atom. The van der Waals surface area contributed by atoms with E-state index in [2.05, 4.69) is 5.10 Å². The molecule has 0 radical (unpaired) electrons. The van der Waals surface area contributed by atoms with Crippen molar-refractivity contribution < 1.29 is 9.59 Å². The number of carbonyl (C=O) groups excluding carboxylic acids is 2. The number of aryl methyl sites for hydroxylation is 1. The molecule has 1 atom stereocenters. The van der Waals surface area contributed by atoms with Gasteiger partial charge in [0, 0.05) is 12.7 Å². The summed E-state index contributed by atoms with van der Waals surface area (Å²) < 4.78 is 1.92. The summed E-state index contributed by atoms with van der Waals surface area (Å²) in [4.78, 5) is 27.9. The summed E-state index contributed by atoms with van der Waals surface area (Å²) in [6.45, 7) is 3.77. The number of piperidine rings is 1. The minimum atomic E-state index is 0.0735. The predicted molar refractivity (Wildman–Crippen MR) is 85.4 cm³/mol.